The average Bonchev–Trinajstić information content (AvgIpc) is 3.09. The number of hydrogen-bond donors (Lipinski definition) is 2. The molecule has 0 spiro atoms. The topological polar surface area (TPSA) is 63.3 Å². The first-order valence-corrected chi connectivity index (χ1v) is 5.38. The van der Waals surface area contributed by atoms with Crippen molar-refractivity contribution in [1.82, 2.24) is 4.98 Å². The number of halogens is 2. The molecule has 1 aromatic heterocycles. The number of nitrogens with one attached hydrogen (secondary N) is 1. The highest BCUT2D eigenvalue weighted by atomic mass is 19.3. The lowest BCUT2D eigenvalue weighted by Crippen LogP contribution is -2.26. The minimum Gasteiger partial charge on any atom is -0.370 e. The van der Waals surface area contributed by atoms with Crippen LogP contribution in [0.4, 0.5) is 14.6 Å². The molecule has 1 aliphatic rings. The minimum absolute atomic E-state index is 0.0658. The second-order valence-electron chi connectivity index (χ2n) is 4.20. The van der Waals surface area contributed by atoms with E-state index in [2.05, 4.69) is 15.3 Å². The number of nitrogens with zero attached hydrogens (tertiary/aromatic N) is 2. The Labute approximate surface area is 98.0 Å². The maximum atomic E-state index is 12.6. The molecule has 1 heterocycles. The summed E-state index contributed by atoms with van der Waals surface area (Å²) in [5.74, 6) is 0.672. The monoisotopic (exact) mass is 240 g/mol. The van der Waals surface area contributed by atoms with Gasteiger partial charge in [-0.15, -0.1) is 0 Å². The number of alkyl halides is 2. The van der Waals surface area contributed by atoms with Crippen molar-refractivity contribution in [3.05, 3.63) is 24.4 Å². The molecule has 2 rings (SSSR count). The van der Waals surface area contributed by atoms with Crippen molar-refractivity contribution < 1.29 is 8.78 Å². The molecule has 0 aromatic carbocycles. The Hall–Kier alpha value is -1.72. The Morgan fingerprint density at radius 2 is 2.29 bits per heavy atom. The van der Waals surface area contributed by atoms with Gasteiger partial charge >= 0.3 is 0 Å². The predicted molar refractivity (Wildman–Crippen MR) is 62.0 cm³/mol. The molecule has 0 aliphatic heterocycles. The van der Waals surface area contributed by atoms with E-state index in [0.717, 1.165) is 0 Å². The fourth-order valence-corrected chi connectivity index (χ4v) is 1.46. The van der Waals surface area contributed by atoms with Gasteiger partial charge in [-0.1, -0.05) is 6.07 Å². The van der Waals surface area contributed by atoms with Gasteiger partial charge in [0.2, 0.25) is 6.43 Å². The number of rotatable bonds is 4. The van der Waals surface area contributed by atoms with E-state index in [-0.39, 0.29) is 12.5 Å². The molecule has 0 saturated heterocycles. The Morgan fingerprint density at radius 1 is 1.53 bits per heavy atom. The summed E-state index contributed by atoms with van der Waals surface area (Å²) in [5, 5.41) is 2.75. The zero-order valence-corrected chi connectivity index (χ0v) is 9.24. The lowest BCUT2D eigenvalue weighted by atomic mass is 10.1. The number of aromatic nitrogens is 1. The SMILES string of the molecule is NC(=NCC1(C(F)F)CC1)Nc1ccccn1. The maximum absolute atomic E-state index is 12.6. The van der Waals surface area contributed by atoms with Crippen LogP contribution in [0.5, 0.6) is 0 Å². The molecule has 1 aliphatic carbocycles. The maximum Gasteiger partial charge on any atom is 0.245 e. The summed E-state index contributed by atoms with van der Waals surface area (Å²) >= 11 is 0. The van der Waals surface area contributed by atoms with Crippen LogP contribution < -0.4 is 11.1 Å². The number of aliphatic imine (C=N–C) groups is 1. The van der Waals surface area contributed by atoms with Gasteiger partial charge in [-0.2, -0.15) is 0 Å². The molecular weight excluding hydrogens is 226 g/mol. The standard InChI is InChI=1S/C11H14F2N4/c12-9(13)11(4-5-11)7-16-10(14)17-8-3-1-2-6-15-8/h1-3,6,9H,4-5,7H2,(H3,14,15,16,17). The highest BCUT2D eigenvalue weighted by molar-refractivity contribution is 5.91. The molecule has 1 saturated carbocycles. The van der Waals surface area contributed by atoms with Crippen LogP contribution in [-0.4, -0.2) is 23.9 Å². The average molecular weight is 240 g/mol. The number of hydrogen-bond acceptors (Lipinski definition) is 2. The van der Waals surface area contributed by atoms with Crippen LogP contribution in [0.25, 0.3) is 0 Å². The third kappa shape index (κ3) is 2.89. The van der Waals surface area contributed by atoms with Gasteiger partial charge in [0.1, 0.15) is 5.82 Å². The van der Waals surface area contributed by atoms with E-state index in [1.807, 2.05) is 0 Å². The van der Waals surface area contributed by atoms with Crippen molar-refractivity contribution in [2.45, 2.75) is 19.3 Å². The van der Waals surface area contributed by atoms with E-state index in [0.29, 0.717) is 18.7 Å². The Balaban J connectivity index is 1.90. The van der Waals surface area contributed by atoms with Gasteiger partial charge in [-0.05, 0) is 25.0 Å². The second-order valence-corrected chi connectivity index (χ2v) is 4.20. The van der Waals surface area contributed by atoms with Gasteiger partial charge in [0.05, 0.1) is 12.0 Å². The van der Waals surface area contributed by atoms with Crippen LogP contribution in [0.2, 0.25) is 0 Å². The predicted octanol–water partition coefficient (Wildman–Crippen LogP) is 1.85. The quantitative estimate of drug-likeness (QED) is 0.623. The Bertz CT molecular complexity index is 401. The summed E-state index contributed by atoms with van der Waals surface area (Å²) in [5.41, 5.74) is 4.66. The van der Waals surface area contributed by atoms with Crippen molar-refractivity contribution in [3.63, 3.8) is 0 Å². The molecule has 0 bridgehead atoms. The van der Waals surface area contributed by atoms with E-state index in [9.17, 15) is 8.78 Å². The zero-order valence-electron chi connectivity index (χ0n) is 9.24. The summed E-state index contributed by atoms with van der Waals surface area (Å²) in [4.78, 5) is 7.93. The second kappa shape index (κ2) is 4.65. The van der Waals surface area contributed by atoms with Crippen LogP contribution in [0, 0.1) is 5.41 Å². The van der Waals surface area contributed by atoms with Crippen molar-refractivity contribution in [1.29, 1.82) is 0 Å². The van der Waals surface area contributed by atoms with E-state index < -0.39 is 11.8 Å². The molecule has 17 heavy (non-hydrogen) atoms. The Kier molecular flexibility index (Phi) is 3.21. The fourth-order valence-electron chi connectivity index (χ4n) is 1.46. The molecule has 6 heteroatoms. The van der Waals surface area contributed by atoms with Crippen molar-refractivity contribution in [3.8, 4) is 0 Å². The fraction of sp³-hybridized carbons (Fsp3) is 0.455. The van der Waals surface area contributed by atoms with Gasteiger partial charge in [-0.25, -0.2) is 13.8 Å². The Morgan fingerprint density at radius 3 is 2.82 bits per heavy atom. The summed E-state index contributed by atoms with van der Waals surface area (Å²) in [6, 6.07) is 5.29. The van der Waals surface area contributed by atoms with Gasteiger partial charge in [0.15, 0.2) is 5.96 Å². The van der Waals surface area contributed by atoms with E-state index in [4.69, 9.17) is 5.73 Å². The van der Waals surface area contributed by atoms with Crippen LogP contribution in [0.1, 0.15) is 12.8 Å². The largest absolute Gasteiger partial charge is 0.370 e. The van der Waals surface area contributed by atoms with E-state index in [1.54, 1.807) is 24.4 Å². The number of nitrogens with two attached hydrogens (primary N) is 1. The van der Waals surface area contributed by atoms with Gasteiger partial charge in [0.25, 0.3) is 0 Å². The number of anilines is 1. The smallest absolute Gasteiger partial charge is 0.245 e. The normalized spacial score (nSPS) is 18.2. The number of guanidine groups is 1. The first kappa shape index (κ1) is 11.8. The van der Waals surface area contributed by atoms with Crippen LogP contribution in [-0.2, 0) is 0 Å². The zero-order chi connectivity index (χ0) is 12.3. The van der Waals surface area contributed by atoms with Crippen LogP contribution in [0.3, 0.4) is 0 Å². The van der Waals surface area contributed by atoms with Gasteiger partial charge in [0, 0.05) is 6.20 Å². The molecule has 0 amide bonds. The van der Waals surface area contributed by atoms with E-state index in [1.165, 1.54) is 0 Å². The molecule has 4 nitrogen and oxygen atoms in total. The first-order chi connectivity index (χ1) is 8.12. The molecule has 1 aromatic rings. The van der Waals surface area contributed by atoms with Crippen molar-refractivity contribution in [2.75, 3.05) is 11.9 Å². The van der Waals surface area contributed by atoms with E-state index >= 15 is 0 Å². The summed E-state index contributed by atoms with van der Waals surface area (Å²) < 4.78 is 25.2. The molecule has 1 fully saturated rings. The highest BCUT2D eigenvalue weighted by Crippen LogP contribution is 2.50. The molecule has 0 atom stereocenters. The molecule has 92 valence electrons. The lowest BCUT2D eigenvalue weighted by Gasteiger charge is -2.11. The molecular formula is C11H14F2N4. The molecule has 3 N–H and O–H groups in total. The molecule has 0 unspecified atom stereocenters. The summed E-state index contributed by atoms with van der Waals surface area (Å²) in [7, 11) is 0. The lowest BCUT2D eigenvalue weighted by molar-refractivity contribution is 0.0667. The molecule has 0 radical (unpaired) electrons. The minimum atomic E-state index is -2.33. The van der Waals surface area contributed by atoms with Crippen molar-refractivity contribution >= 4 is 11.8 Å². The van der Waals surface area contributed by atoms with Crippen LogP contribution >= 0.6 is 0 Å². The van der Waals surface area contributed by atoms with Crippen LogP contribution in [0.15, 0.2) is 29.4 Å². The highest BCUT2D eigenvalue weighted by Gasteiger charge is 2.50. The van der Waals surface area contributed by atoms with Crippen molar-refractivity contribution in [2.24, 2.45) is 16.1 Å². The third-order valence-electron chi connectivity index (χ3n) is 2.84. The van der Waals surface area contributed by atoms with Gasteiger partial charge in [-0.3, -0.25) is 4.99 Å². The summed E-state index contributed by atoms with van der Waals surface area (Å²) in [6.45, 7) is 0.0658. The third-order valence-corrected chi connectivity index (χ3v) is 2.84. The number of pyridine rings is 1. The van der Waals surface area contributed by atoms with Gasteiger partial charge < -0.3 is 11.1 Å². The summed E-state index contributed by atoms with van der Waals surface area (Å²) in [6.07, 6.45) is 0.321. The first-order valence-electron chi connectivity index (χ1n) is 5.38.